The van der Waals surface area contributed by atoms with Gasteiger partial charge in [-0.1, -0.05) is 30.3 Å². The van der Waals surface area contributed by atoms with Gasteiger partial charge in [0.25, 0.3) is 0 Å². The Labute approximate surface area is 196 Å². The minimum Gasteiger partial charge on any atom is -0.354 e. The second-order valence-corrected chi connectivity index (χ2v) is 9.15. The summed E-state index contributed by atoms with van der Waals surface area (Å²) in [5.41, 5.74) is 5.00. The van der Waals surface area contributed by atoms with Crippen molar-refractivity contribution in [3.05, 3.63) is 77.8 Å². The molecule has 1 fully saturated rings. The van der Waals surface area contributed by atoms with Gasteiger partial charge in [0.1, 0.15) is 12.0 Å². The second-order valence-electron chi connectivity index (χ2n) is 9.15. The standard InChI is InChI=1S/C26H33N7/c1-19(2)33-18-21(14-20-6-4-3-5-7-20)15-22-16-29-26(31-25(22)33)30-23-8-9-24(28-17-23)32-12-10-27-11-13-32/h3-9,16-19,25,27H,10-15H2,1-2H3,(H2,29,30,31). The minimum absolute atomic E-state index is 0.0151. The first-order valence-electron chi connectivity index (χ1n) is 11.9. The summed E-state index contributed by atoms with van der Waals surface area (Å²) in [6.45, 7) is 8.45. The summed E-state index contributed by atoms with van der Waals surface area (Å²) in [6, 6.07) is 15.2. The van der Waals surface area contributed by atoms with E-state index in [0.717, 1.165) is 56.5 Å². The molecule has 1 saturated heterocycles. The molecule has 0 aliphatic carbocycles. The number of aromatic nitrogens is 1. The molecule has 3 N–H and O–H groups in total. The average molecular weight is 444 g/mol. The molecule has 1 unspecified atom stereocenters. The Balaban J connectivity index is 1.29. The normalized spacial score (nSPS) is 20.5. The third-order valence-electron chi connectivity index (χ3n) is 6.34. The Morgan fingerprint density at radius 2 is 1.91 bits per heavy atom. The van der Waals surface area contributed by atoms with Crippen molar-refractivity contribution in [2.75, 3.05) is 36.4 Å². The van der Waals surface area contributed by atoms with Gasteiger partial charge in [0.05, 0.1) is 11.9 Å². The van der Waals surface area contributed by atoms with Gasteiger partial charge in [0.2, 0.25) is 5.96 Å². The molecule has 0 saturated carbocycles. The number of nitrogens with zero attached hydrogens (tertiary/aromatic N) is 4. The van der Waals surface area contributed by atoms with Crippen LogP contribution in [0.25, 0.3) is 0 Å². The fraction of sp³-hybridized carbons (Fsp3) is 0.385. The number of anilines is 2. The van der Waals surface area contributed by atoms with Crippen molar-refractivity contribution in [2.45, 2.75) is 38.9 Å². The van der Waals surface area contributed by atoms with Gasteiger partial charge in [-0.2, -0.15) is 0 Å². The number of guanidine groups is 1. The van der Waals surface area contributed by atoms with E-state index in [1.54, 1.807) is 0 Å². The molecule has 0 bridgehead atoms. The molecular weight excluding hydrogens is 410 g/mol. The molecule has 7 nitrogen and oxygen atoms in total. The van der Waals surface area contributed by atoms with Gasteiger partial charge in [-0.25, -0.2) is 9.98 Å². The number of pyridine rings is 1. The highest BCUT2D eigenvalue weighted by Gasteiger charge is 2.30. The number of allylic oxidation sites excluding steroid dienone is 1. The maximum Gasteiger partial charge on any atom is 0.202 e. The molecule has 33 heavy (non-hydrogen) atoms. The number of aliphatic imine (C=N–C) groups is 1. The van der Waals surface area contributed by atoms with Crippen molar-refractivity contribution >= 4 is 17.5 Å². The molecule has 3 aliphatic rings. The number of hydrogen-bond donors (Lipinski definition) is 3. The predicted molar refractivity (Wildman–Crippen MR) is 135 cm³/mol. The molecule has 7 heteroatoms. The van der Waals surface area contributed by atoms with Crippen molar-refractivity contribution < 1.29 is 0 Å². The third-order valence-corrected chi connectivity index (χ3v) is 6.34. The van der Waals surface area contributed by atoms with Crippen LogP contribution in [0, 0.1) is 0 Å². The van der Waals surface area contributed by atoms with Gasteiger partial charge in [-0.05, 0) is 55.5 Å². The molecular formula is C26H33N7. The van der Waals surface area contributed by atoms with Crippen LogP contribution in [0.15, 0.2) is 77.2 Å². The van der Waals surface area contributed by atoms with E-state index < -0.39 is 0 Å². The Bertz CT molecular complexity index is 1030. The van der Waals surface area contributed by atoms with Crippen molar-refractivity contribution in [2.24, 2.45) is 4.99 Å². The Morgan fingerprint density at radius 1 is 1.09 bits per heavy atom. The van der Waals surface area contributed by atoms with Crippen LogP contribution < -0.4 is 20.9 Å². The van der Waals surface area contributed by atoms with Crippen LogP contribution in [0.3, 0.4) is 0 Å². The summed E-state index contributed by atoms with van der Waals surface area (Å²) in [6.07, 6.45) is 8.24. The van der Waals surface area contributed by atoms with Crippen LogP contribution in [0.4, 0.5) is 11.5 Å². The van der Waals surface area contributed by atoms with Gasteiger partial charge in [-0.3, -0.25) is 0 Å². The Hall–Kier alpha value is -3.32. The molecule has 0 radical (unpaired) electrons. The van der Waals surface area contributed by atoms with Crippen molar-refractivity contribution in [1.29, 1.82) is 0 Å². The van der Waals surface area contributed by atoms with Crippen LogP contribution in [0.1, 0.15) is 25.8 Å². The van der Waals surface area contributed by atoms with Crippen molar-refractivity contribution in [1.82, 2.24) is 20.5 Å². The second kappa shape index (κ2) is 9.67. The third kappa shape index (κ3) is 5.03. The summed E-state index contributed by atoms with van der Waals surface area (Å²) in [4.78, 5) is 14.4. The molecule has 1 atom stereocenters. The number of nitrogens with one attached hydrogen (secondary N) is 3. The molecule has 2 aromatic rings. The molecule has 1 aromatic carbocycles. The zero-order valence-corrected chi connectivity index (χ0v) is 19.5. The zero-order valence-electron chi connectivity index (χ0n) is 19.5. The molecule has 0 amide bonds. The summed E-state index contributed by atoms with van der Waals surface area (Å²) < 4.78 is 0. The molecule has 3 aliphatic heterocycles. The van der Waals surface area contributed by atoms with Gasteiger partial charge in [-0.15, -0.1) is 0 Å². The SMILES string of the molecule is CC(C)N1C=C(Cc2ccccc2)CC2=CNC(Nc3ccc(N4CCNCC4)nc3)=NC21. The number of piperazine rings is 1. The van der Waals surface area contributed by atoms with E-state index in [0.29, 0.717) is 6.04 Å². The lowest BCUT2D eigenvalue weighted by Crippen LogP contribution is -2.45. The van der Waals surface area contributed by atoms with Crippen LogP contribution in [-0.4, -0.2) is 54.2 Å². The van der Waals surface area contributed by atoms with E-state index in [9.17, 15) is 0 Å². The quantitative estimate of drug-likeness (QED) is 0.659. The van der Waals surface area contributed by atoms with Crippen LogP contribution in [0.2, 0.25) is 0 Å². The molecule has 172 valence electrons. The summed E-state index contributed by atoms with van der Waals surface area (Å²) in [7, 11) is 0. The topological polar surface area (TPSA) is 67.8 Å². The number of fused-ring (bicyclic) bond motifs is 1. The first kappa shape index (κ1) is 21.5. The van der Waals surface area contributed by atoms with E-state index in [2.05, 4.69) is 99.4 Å². The average Bonchev–Trinajstić information content (AvgIpc) is 2.85. The lowest BCUT2D eigenvalue weighted by molar-refractivity contribution is 0.242. The summed E-state index contributed by atoms with van der Waals surface area (Å²) >= 11 is 0. The Kier molecular flexibility index (Phi) is 6.30. The van der Waals surface area contributed by atoms with E-state index in [1.165, 1.54) is 16.7 Å². The lowest BCUT2D eigenvalue weighted by Gasteiger charge is -2.39. The highest BCUT2D eigenvalue weighted by Crippen LogP contribution is 2.31. The largest absolute Gasteiger partial charge is 0.354 e. The van der Waals surface area contributed by atoms with E-state index >= 15 is 0 Å². The first-order valence-corrected chi connectivity index (χ1v) is 11.9. The predicted octanol–water partition coefficient (Wildman–Crippen LogP) is 3.31. The van der Waals surface area contributed by atoms with Crippen LogP contribution in [0.5, 0.6) is 0 Å². The monoisotopic (exact) mass is 443 g/mol. The van der Waals surface area contributed by atoms with Gasteiger partial charge in [0, 0.05) is 44.6 Å². The smallest absolute Gasteiger partial charge is 0.202 e. The van der Waals surface area contributed by atoms with Crippen molar-refractivity contribution in [3.63, 3.8) is 0 Å². The summed E-state index contributed by atoms with van der Waals surface area (Å²) in [5, 5.41) is 10.2. The van der Waals surface area contributed by atoms with Gasteiger partial charge >= 0.3 is 0 Å². The van der Waals surface area contributed by atoms with E-state index in [4.69, 9.17) is 4.99 Å². The molecule has 0 spiro atoms. The van der Waals surface area contributed by atoms with Gasteiger partial charge in [0.15, 0.2) is 0 Å². The Morgan fingerprint density at radius 3 is 2.64 bits per heavy atom. The zero-order chi connectivity index (χ0) is 22.6. The minimum atomic E-state index is 0.0151. The first-order chi connectivity index (χ1) is 16.2. The number of rotatable bonds is 5. The van der Waals surface area contributed by atoms with Crippen molar-refractivity contribution in [3.8, 4) is 0 Å². The maximum absolute atomic E-state index is 5.02. The maximum atomic E-state index is 5.02. The summed E-state index contributed by atoms with van der Waals surface area (Å²) in [5.74, 6) is 1.78. The number of hydrogen-bond acceptors (Lipinski definition) is 7. The fourth-order valence-corrected chi connectivity index (χ4v) is 4.61. The van der Waals surface area contributed by atoms with Crippen LogP contribution in [-0.2, 0) is 6.42 Å². The highest BCUT2D eigenvalue weighted by molar-refractivity contribution is 5.95. The van der Waals surface area contributed by atoms with E-state index in [-0.39, 0.29) is 6.17 Å². The van der Waals surface area contributed by atoms with E-state index in [1.807, 2.05) is 6.20 Å². The van der Waals surface area contributed by atoms with Crippen LogP contribution >= 0.6 is 0 Å². The number of benzene rings is 1. The molecule has 5 rings (SSSR count). The fourth-order valence-electron chi connectivity index (χ4n) is 4.61. The van der Waals surface area contributed by atoms with Gasteiger partial charge < -0.3 is 25.8 Å². The lowest BCUT2D eigenvalue weighted by atomic mass is 9.93. The molecule has 4 heterocycles. The highest BCUT2D eigenvalue weighted by atomic mass is 15.3. The molecule has 1 aromatic heterocycles.